The Kier molecular flexibility index (Phi) is 7.17. The van der Waals surface area contributed by atoms with Gasteiger partial charge in [0, 0.05) is 19.7 Å². The lowest BCUT2D eigenvalue weighted by Gasteiger charge is -2.19. The van der Waals surface area contributed by atoms with Crippen LogP contribution in [0.1, 0.15) is 21.5 Å². The summed E-state index contributed by atoms with van der Waals surface area (Å²) in [6, 6.07) is 16.0. The monoisotopic (exact) mass is 356 g/mol. The van der Waals surface area contributed by atoms with E-state index >= 15 is 0 Å². The number of hydrogen-bond acceptors (Lipinski definition) is 4. The fourth-order valence-corrected chi connectivity index (χ4v) is 2.51. The molecule has 6 heteroatoms. The Labute approximate surface area is 153 Å². The van der Waals surface area contributed by atoms with E-state index in [4.69, 9.17) is 4.74 Å². The normalized spacial score (nSPS) is 11.5. The van der Waals surface area contributed by atoms with Crippen molar-refractivity contribution in [2.45, 2.75) is 19.1 Å². The highest BCUT2D eigenvalue weighted by Gasteiger charge is 2.18. The van der Waals surface area contributed by atoms with Gasteiger partial charge < -0.3 is 20.1 Å². The van der Waals surface area contributed by atoms with Crippen molar-refractivity contribution >= 4 is 12.0 Å². The summed E-state index contributed by atoms with van der Waals surface area (Å²) in [5, 5.41) is 12.2. The number of hydrogen-bond donors (Lipinski definition) is 2. The highest BCUT2D eigenvalue weighted by atomic mass is 16.5. The van der Waals surface area contributed by atoms with Gasteiger partial charge in [0.15, 0.2) is 0 Å². The van der Waals surface area contributed by atoms with Crippen LogP contribution in [-0.2, 0) is 17.8 Å². The Hall–Kier alpha value is -2.86. The second kappa shape index (κ2) is 9.58. The third-order valence-electron chi connectivity index (χ3n) is 3.88. The lowest BCUT2D eigenvalue weighted by atomic mass is 9.99. The smallest absolute Gasteiger partial charge is 0.407 e. The van der Waals surface area contributed by atoms with E-state index in [1.165, 1.54) is 4.90 Å². The minimum absolute atomic E-state index is 0.121. The van der Waals surface area contributed by atoms with Crippen LogP contribution in [0, 0.1) is 0 Å². The van der Waals surface area contributed by atoms with Crippen LogP contribution in [0.3, 0.4) is 0 Å². The Morgan fingerprint density at radius 2 is 1.73 bits per heavy atom. The molecule has 2 amide bonds. The van der Waals surface area contributed by atoms with Gasteiger partial charge in [-0.05, 0) is 23.6 Å². The number of ether oxygens (including phenoxy) is 1. The van der Waals surface area contributed by atoms with E-state index in [9.17, 15) is 14.7 Å². The van der Waals surface area contributed by atoms with Crippen LogP contribution >= 0.6 is 0 Å². The fourth-order valence-electron chi connectivity index (χ4n) is 2.51. The quantitative estimate of drug-likeness (QED) is 0.797. The molecule has 26 heavy (non-hydrogen) atoms. The van der Waals surface area contributed by atoms with Gasteiger partial charge in [-0.2, -0.15) is 0 Å². The SMILES string of the molecule is CN(C)C(=O)c1ccccc1C[C@H](CO)NC(=O)OCc1ccccc1. The largest absolute Gasteiger partial charge is 0.445 e. The number of benzene rings is 2. The number of aliphatic hydroxyl groups is 1. The van der Waals surface area contributed by atoms with Gasteiger partial charge in [0.1, 0.15) is 6.61 Å². The van der Waals surface area contributed by atoms with Gasteiger partial charge in [0.25, 0.3) is 5.91 Å². The zero-order chi connectivity index (χ0) is 18.9. The number of amides is 2. The number of carbonyl (C=O) groups is 2. The van der Waals surface area contributed by atoms with Crippen molar-refractivity contribution in [1.82, 2.24) is 10.2 Å². The van der Waals surface area contributed by atoms with E-state index in [1.54, 1.807) is 26.2 Å². The van der Waals surface area contributed by atoms with E-state index in [1.807, 2.05) is 42.5 Å². The first-order valence-corrected chi connectivity index (χ1v) is 8.39. The molecule has 0 aliphatic rings. The van der Waals surface area contributed by atoms with Gasteiger partial charge in [0.05, 0.1) is 12.6 Å². The molecule has 1 atom stereocenters. The molecule has 138 valence electrons. The summed E-state index contributed by atoms with van der Waals surface area (Å²) in [6.45, 7) is -0.106. The van der Waals surface area contributed by atoms with Crippen LogP contribution in [-0.4, -0.2) is 48.8 Å². The molecule has 6 nitrogen and oxygen atoms in total. The average Bonchev–Trinajstić information content (AvgIpc) is 2.66. The van der Waals surface area contributed by atoms with E-state index in [2.05, 4.69) is 5.32 Å². The molecule has 2 aromatic rings. The van der Waals surface area contributed by atoms with Gasteiger partial charge >= 0.3 is 6.09 Å². The lowest BCUT2D eigenvalue weighted by molar-refractivity contribution is 0.0826. The second-order valence-corrected chi connectivity index (χ2v) is 6.15. The molecule has 0 aliphatic heterocycles. The standard InChI is InChI=1S/C20H24N2O4/c1-22(2)19(24)18-11-7-6-10-16(18)12-17(13-23)21-20(25)26-14-15-8-4-3-5-9-15/h3-11,17,23H,12-14H2,1-2H3,(H,21,25)/t17-/m1/s1. The molecule has 0 spiro atoms. The second-order valence-electron chi connectivity index (χ2n) is 6.15. The van der Waals surface area contributed by atoms with Gasteiger partial charge in [-0.1, -0.05) is 48.5 Å². The molecule has 0 radical (unpaired) electrons. The van der Waals surface area contributed by atoms with Crippen LogP contribution in [0.15, 0.2) is 54.6 Å². The summed E-state index contributed by atoms with van der Waals surface area (Å²) >= 11 is 0. The first-order valence-electron chi connectivity index (χ1n) is 8.39. The fraction of sp³-hybridized carbons (Fsp3) is 0.300. The maximum atomic E-state index is 12.3. The van der Waals surface area contributed by atoms with Crippen molar-refractivity contribution in [1.29, 1.82) is 0 Å². The molecule has 0 fully saturated rings. The molecule has 2 N–H and O–H groups in total. The maximum absolute atomic E-state index is 12.3. The minimum atomic E-state index is -0.607. The van der Waals surface area contributed by atoms with Crippen molar-refractivity contribution in [2.75, 3.05) is 20.7 Å². The van der Waals surface area contributed by atoms with E-state index in [0.717, 1.165) is 11.1 Å². The molecule has 0 bridgehead atoms. The first kappa shape index (κ1) is 19.5. The first-order chi connectivity index (χ1) is 12.5. The predicted molar refractivity (Wildman–Crippen MR) is 98.8 cm³/mol. The molecule has 0 unspecified atom stereocenters. The minimum Gasteiger partial charge on any atom is -0.445 e. The summed E-state index contributed by atoms with van der Waals surface area (Å²) in [5.74, 6) is -0.121. The van der Waals surface area contributed by atoms with Crippen molar-refractivity contribution in [3.8, 4) is 0 Å². The highest BCUT2D eigenvalue weighted by molar-refractivity contribution is 5.95. The number of nitrogens with one attached hydrogen (secondary N) is 1. The van der Waals surface area contributed by atoms with Crippen LogP contribution in [0.25, 0.3) is 0 Å². The summed E-state index contributed by atoms with van der Waals surface area (Å²) in [5.41, 5.74) is 2.19. The van der Waals surface area contributed by atoms with Crippen molar-refractivity contribution in [3.63, 3.8) is 0 Å². The van der Waals surface area contributed by atoms with Crippen molar-refractivity contribution in [3.05, 3.63) is 71.3 Å². The number of rotatable bonds is 7. The van der Waals surface area contributed by atoms with Crippen LogP contribution in [0.5, 0.6) is 0 Å². The van der Waals surface area contributed by atoms with Crippen LogP contribution < -0.4 is 5.32 Å². The Balaban J connectivity index is 1.97. The molecule has 0 heterocycles. The highest BCUT2D eigenvalue weighted by Crippen LogP contribution is 2.13. The number of nitrogens with zero attached hydrogens (tertiary/aromatic N) is 1. The van der Waals surface area contributed by atoms with E-state index in [0.29, 0.717) is 12.0 Å². The molecular formula is C20H24N2O4. The molecule has 2 rings (SSSR count). The number of aliphatic hydroxyl groups excluding tert-OH is 1. The molecule has 0 saturated heterocycles. The molecule has 0 saturated carbocycles. The maximum Gasteiger partial charge on any atom is 0.407 e. The summed E-state index contributed by atoms with van der Waals surface area (Å²) in [6.07, 6.45) is -0.281. The molecule has 0 aliphatic carbocycles. The summed E-state index contributed by atoms with van der Waals surface area (Å²) in [4.78, 5) is 25.7. The Bertz CT molecular complexity index is 732. The number of alkyl carbamates (subject to hydrolysis) is 1. The van der Waals surface area contributed by atoms with Crippen molar-refractivity contribution < 1.29 is 19.4 Å². The number of carbonyl (C=O) groups excluding carboxylic acids is 2. The summed E-state index contributed by atoms with van der Waals surface area (Å²) < 4.78 is 5.18. The van der Waals surface area contributed by atoms with Crippen LogP contribution in [0.4, 0.5) is 4.79 Å². The van der Waals surface area contributed by atoms with Gasteiger partial charge in [-0.3, -0.25) is 4.79 Å². The Morgan fingerprint density at radius 1 is 1.08 bits per heavy atom. The van der Waals surface area contributed by atoms with Gasteiger partial charge in [-0.15, -0.1) is 0 Å². The predicted octanol–water partition coefficient (Wildman–Crippen LogP) is 2.22. The Morgan fingerprint density at radius 3 is 2.38 bits per heavy atom. The third kappa shape index (κ3) is 5.60. The van der Waals surface area contributed by atoms with E-state index < -0.39 is 12.1 Å². The van der Waals surface area contributed by atoms with Crippen LogP contribution in [0.2, 0.25) is 0 Å². The zero-order valence-corrected chi connectivity index (χ0v) is 15.0. The zero-order valence-electron chi connectivity index (χ0n) is 15.0. The molecule has 0 aromatic heterocycles. The molecular weight excluding hydrogens is 332 g/mol. The van der Waals surface area contributed by atoms with Gasteiger partial charge in [0.2, 0.25) is 0 Å². The van der Waals surface area contributed by atoms with Gasteiger partial charge in [-0.25, -0.2) is 4.79 Å². The third-order valence-corrected chi connectivity index (χ3v) is 3.88. The lowest BCUT2D eigenvalue weighted by Crippen LogP contribution is -2.39. The summed E-state index contributed by atoms with van der Waals surface area (Å²) in [7, 11) is 3.36. The van der Waals surface area contributed by atoms with Crippen molar-refractivity contribution in [2.24, 2.45) is 0 Å². The topological polar surface area (TPSA) is 78.9 Å². The van der Waals surface area contributed by atoms with E-state index in [-0.39, 0.29) is 19.1 Å². The molecule has 2 aromatic carbocycles. The average molecular weight is 356 g/mol.